The van der Waals surface area contributed by atoms with Crippen molar-refractivity contribution in [3.63, 3.8) is 0 Å². The topological polar surface area (TPSA) is 262 Å². The number of nitrogens with zero attached hydrogens (tertiary/aromatic N) is 4. The first-order chi connectivity index (χ1) is 34.5. The van der Waals surface area contributed by atoms with Crippen LogP contribution < -0.4 is 27.0 Å². The third kappa shape index (κ3) is 12.0. The molecule has 4 aliphatic rings. The number of fused-ring (bicyclic) bond motifs is 2. The zero-order valence-corrected chi connectivity index (χ0v) is 40.4. The van der Waals surface area contributed by atoms with Crippen LogP contribution in [0.1, 0.15) is 67.7 Å². The van der Waals surface area contributed by atoms with Gasteiger partial charge in [0.2, 0.25) is 41.4 Å². The summed E-state index contributed by atoms with van der Waals surface area (Å²) in [6.07, 6.45) is 6.75. The van der Waals surface area contributed by atoms with Gasteiger partial charge in [0.1, 0.15) is 23.9 Å². The van der Waals surface area contributed by atoms with Crippen LogP contribution in [-0.2, 0) is 52.8 Å². The summed E-state index contributed by atoms with van der Waals surface area (Å²) >= 11 is 0. The molecule has 7 N–H and O–H groups in total. The molecule has 4 aromatic rings. The van der Waals surface area contributed by atoms with E-state index in [1.54, 1.807) is 9.80 Å². The van der Waals surface area contributed by atoms with E-state index in [1.165, 1.54) is 61.0 Å². The number of piperidine rings is 2. The number of primary amides is 1. The molecule has 3 aliphatic heterocycles. The minimum Gasteiger partial charge on any atom is -0.368 e. The summed E-state index contributed by atoms with van der Waals surface area (Å²) in [5, 5.41) is 24.1. The van der Waals surface area contributed by atoms with E-state index in [2.05, 4.69) is 31.2 Å². The number of halogens is 1. The second kappa shape index (κ2) is 22.3. The number of amides is 7. The van der Waals surface area contributed by atoms with E-state index in [4.69, 9.17) is 5.73 Å². The van der Waals surface area contributed by atoms with Crippen LogP contribution in [0.25, 0.3) is 16.5 Å². The number of carbonyl (C=O) groups is 7. The largest absolute Gasteiger partial charge is 0.368 e. The first-order valence-electron chi connectivity index (χ1n) is 24.5. The number of likely N-dealkylation sites (tertiary alicyclic amines) is 2. The Balaban J connectivity index is 0.954. The Hall–Kier alpha value is -7.48. The summed E-state index contributed by atoms with van der Waals surface area (Å²) in [7, 11) is 1.97. The normalized spacial score (nSPS) is 20.3. The SMILES string of the molecule is CC(=O)N[C@@H](CCC(=O)N1CCC(NC(=O)C2CCCN(C(=O)[C@H](Cc3ccc(F)cc3)NC(=O)[C@H](Cc3ccc([N+](=O)[O-])cc3)NC(=O)[C@@H]3C=C4c5cccc6[nH]cc(c56)C[C@H]4N(C)C3)C2)CC1)C(N)=O. The van der Waals surface area contributed by atoms with Gasteiger partial charge in [0.15, 0.2) is 0 Å². The predicted molar refractivity (Wildman–Crippen MR) is 264 cm³/mol. The number of non-ortho nitro benzene ring substituents is 1. The molecule has 2 saturated heterocycles. The van der Waals surface area contributed by atoms with Crippen molar-refractivity contribution < 1.29 is 42.9 Å². The zero-order valence-electron chi connectivity index (χ0n) is 40.4. The number of nitro groups is 1. The Morgan fingerprint density at radius 1 is 0.833 bits per heavy atom. The van der Waals surface area contributed by atoms with Gasteiger partial charge in [-0.2, -0.15) is 0 Å². The predicted octanol–water partition coefficient (Wildman–Crippen LogP) is 2.66. The molecule has 1 unspecified atom stereocenters. The molecule has 0 radical (unpaired) electrons. The maximum atomic E-state index is 14.7. The number of hydrogen-bond donors (Lipinski definition) is 6. The first-order valence-corrected chi connectivity index (χ1v) is 24.5. The lowest BCUT2D eigenvalue weighted by Gasteiger charge is -2.39. The molecule has 3 aromatic carbocycles. The van der Waals surface area contributed by atoms with E-state index in [1.807, 2.05) is 37.5 Å². The summed E-state index contributed by atoms with van der Waals surface area (Å²) in [6.45, 7) is 2.76. The van der Waals surface area contributed by atoms with E-state index in [9.17, 15) is 48.1 Å². The molecule has 0 saturated carbocycles. The molecule has 20 heteroatoms. The van der Waals surface area contributed by atoms with Crippen LogP contribution in [0.5, 0.6) is 0 Å². The number of hydrogen-bond acceptors (Lipinski definition) is 10. The summed E-state index contributed by atoms with van der Waals surface area (Å²) < 4.78 is 14.1. The number of likely N-dealkylation sites (N-methyl/N-ethyl adjacent to an activating group) is 1. The van der Waals surface area contributed by atoms with Gasteiger partial charge >= 0.3 is 0 Å². The number of aromatic amines is 1. The van der Waals surface area contributed by atoms with Crippen LogP contribution in [0.4, 0.5) is 10.1 Å². The molecular formula is C52H61FN10O9. The molecule has 0 bridgehead atoms. The second-order valence-corrected chi connectivity index (χ2v) is 19.5. The Morgan fingerprint density at radius 2 is 1.53 bits per heavy atom. The molecule has 7 amide bonds. The average molecular weight is 989 g/mol. The Morgan fingerprint density at radius 3 is 2.21 bits per heavy atom. The zero-order chi connectivity index (χ0) is 51.2. The van der Waals surface area contributed by atoms with Crippen LogP contribution >= 0.6 is 0 Å². The van der Waals surface area contributed by atoms with Gasteiger partial charge < -0.3 is 41.8 Å². The van der Waals surface area contributed by atoms with Crippen molar-refractivity contribution in [2.24, 2.45) is 17.6 Å². The van der Waals surface area contributed by atoms with Crippen LogP contribution in [0, 0.1) is 27.8 Å². The summed E-state index contributed by atoms with van der Waals surface area (Å²) in [5.41, 5.74) is 10.6. The highest BCUT2D eigenvalue weighted by molar-refractivity contribution is 6.00. The Kier molecular flexibility index (Phi) is 15.8. The van der Waals surface area contributed by atoms with Gasteiger partial charge in [-0.05, 0) is 91.6 Å². The molecule has 19 nitrogen and oxygen atoms in total. The fraction of sp³-hybridized carbons (Fsp3) is 0.442. The molecule has 2 fully saturated rings. The van der Waals surface area contributed by atoms with E-state index in [0.29, 0.717) is 63.0 Å². The fourth-order valence-electron chi connectivity index (χ4n) is 10.6. The van der Waals surface area contributed by atoms with E-state index >= 15 is 0 Å². The number of rotatable bonds is 17. The van der Waals surface area contributed by atoms with Crippen LogP contribution in [-0.4, -0.2) is 136 Å². The lowest BCUT2D eigenvalue weighted by atomic mass is 9.79. The van der Waals surface area contributed by atoms with Crippen LogP contribution in [0.15, 0.2) is 79.0 Å². The van der Waals surface area contributed by atoms with Crippen molar-refractivity contribution in [2.45, 2.75) is 94.9 Å². The van der Waals surface area contributed by atoms with Gasteiger partial charge in [0.05, 0.1) is 16.8 Å². The molecular weight excluding hydrogens is 928 g/mol. The maximum absolute atomic E-state index is 14.7. The van der Waals surface area contributed by atoms with Gasteiger partial charge in [-0.25, -0.2) is 4.39 Å². The van der Waals surface area contributed by atoms with E-state index < -0.39 is 70.2 Å². The summed E-state index contributed by atoms with van der Waals surface area (Å²) in [5.74, 6) is -4.85. The number of nitrogens with two attached hydrogens (primary N) is 1. The highest BCUT2D eigenvalue weighted by atomic mass is 19.1. The highest BCUT2D eigenvalue weighted by Crippen LogP contribution is 2.41. The number of nitrogens with one attached hydrogen (secondary N) is 5. The number of nitro benzene ring substituents is 1. The smallest absolute Gasteiger partial charge is 0.269 e. The molecule has 0 spiro atoms. The first kappa shape index (κ1) is 50.9. The molecule has 72 heavy (non-hydrogen) atoms. The molecule has 4 heterocycles. The van der Waals surface area contributed by atoms with Crippen LogP contribution in [0.3, 0.4) is 0 Å². The van der Waals surface area contributed by atoms with Crippen molar-refractivity contribution in [2.75, 3.05) is 39.8 Å². The lowest BCUT2D eigenvalue weighted by Crippen LogP contribution is -2.58. The quantitative estimate of drug-likeness (QED) is 0.0666. The van der Waals surface area contributed by atoms with E-state index in [0.717, 1.165) is 28.5 Å². The van der Waals surface area contributed by atoms with E-state index in [-0.39, 0.29) is 61.8 Å². The monoisotopic (exact) mass is 988 g/mol. The standard InChI is InChI=1S/C52H61FN10O9/c1-30(64)56-42(48(54)66)16-17-46(65)61-21-18-37(19-22-61)57-49(67)33-5-4-20-62(29-33)52(70)44(24-31-8-12-36(53)13-9-31)59-51(69)43(23-32-10-14-38(15-11-32)63(71)72)58-50(68)35-25-40-39-6-3-7-41-47(39)34(27-55-41)26-45(40)60(2)28-35/h3,6-15,25,27,33,35,37,42-45,55H,4-5,16-24,26,28-29H2,1-2H3,(H2,54,66)(H,56,64)(H,57,67)(H,58,68)(H,59,69)/t33?,35-,42+,43+,44+,45-/m1/s1. The van der Waals surface area contributed by atoms with Crippen LogP contribution in [0.2, 0.25) is 0 Å². The molecule has 1 aliphatic carbocycles. The van der Waals surface area contributed by atoms with Gasteiger partial charge in [-0.15, -0.1) is 0 Å². The minimum absolute atomic E-state index is 0.0131. The number of benzene rings is 3. The second-order valence-electron chi connectivity index (χ2n) is 19.5. The Bertz CT molecular complexity index is 2750. The molecule has 1 aromatic heterocycles. The Labute approximate surface area is 415 Å². The number of aromatic nitrogens is 1. The van der Waals surface area contributed by atoms with Gasteiger partial charge in [0, 0.05) is 100 Å². The number of carbonyl (C=O) groups excluding carboxylic acids is 7. The van der Waals surface area contributed by atoms with Crippen molar-refractivity contribution in [3.8, 4) is 0 Å². The molecule has 380 valence electrons. The van der Waals surface area contributed by atoms with Crippen molar-refractivity contribution in [3.05, 3.63) is 117 Å². The van der Waals surface area contributed by atoms with Gasteiger partial charge in [0.25, 0.3) is 5.69 Å². The van der Waals surface area contributed by atoms with Gasteiger partial charge in [-0.3, -0.25) is 48.6 Å². The number of H-pyrrole nitrogens is 1. The average Bonchev–Trinajstić information content (AvgIpc) is 3.79. The summed E-state index contributed by atoms with van der Waals surface area (Å²) in [6, 6.07) is 13.7. The maximum Gasteiger partial charge on any atom is 0.269 e. The fourth-order valence-corrected chi connectivity index (χ4v) is 10.6. The van der Waals surface area contributed by atoms with Crippen molar-refractivity contribution in [1.29, 1.82) is 0 Å². The molecule has 8 rings (SSSR count). The van der Waals surface area contributed by atoms with Gasteiger partial charge in [-0.1, -0.05) is 42.5 Å². The third-order valence-electron chi connectivity index (χ3n) is 14.5. The van der Waals surface area contributed by atoms with Crippen molar-refractivity contribution >= 4 is 63.5 Å². The summed E-state index contributed by atoms with van der Waals surface area (Å²) in [4.78, 5) is 113. The van der Waals surface area contributed by atoms with Crippen molar-refractivity contribution in [1.82, 2.24) is 41.0 Å². The molecule has 6 atom stereocenters. The lowest BCUT2D eigenvalue weighted by molar-refractivity contribution is -0.384. The highest BCUT2D eigenvalue weighted by Gasteiger charge is 2.39. The minimum atomic E-state index is -1.23. The third-order valence-corrected chi connectivity index (χ3v) is 14.5.